The molecule has 0 saturated heterocycles. The molecule has 0 atom stereocenters. The third kappa shape index (κ3) is 2.17. The molecule has 0 bridgehead atoms. The number of fused-ring (bicyclic) bond motifs is 8. The summed E-state index contributed by atoms with van der Waals surface area (Å²) in [7, 11) is 0. The molecule has 7 aromatic rings. The van der Waals surface area contributed by atoms with Crippen LogP contribution in [0.5, 0.6) is 0 Å². The second-order valence-corrected chi connectivity index (χ2v) is 8.82. The Bertz CT molecular complexity index is 1770. The lowest BCUT2D eigenvalue weighted by atomic mass is 10.0. The number of aryl methyl sites for hydroxylation is 1. The molecule has 0 unspecified atom stereocenters. The number of furan rings is 1. The summed E-state index contributed by atoms with van der Waals surface area (Å²) >= 11 is 1.74. The maximum absolute atomic E-state index is 6.04. The zero-order valence-electron chi connectivity index (χ0n) is 16.2. The number of imidazole rings is 1. The van der Waals surface area contributed by atoms with E-state index in [2.05, 4.69) is 84.1 Å². The van der Waals surface area contributed by atoms with Crippen molar-refractivity contribution in [3.63, 3.8) is 0 Å². The number of nitrogens with zero attached hydrogens (tertiary/aromatic N) is 2. The average Bonchev–Trinajstić information content (AvgIpc) is 3.42. The number of thiazole rings is 1. The molecule has 0 amide bonds. The summed E-state index contributed by atoms with van der Waals surface area (Å²) in [5, 5.41) is 2.33. The first-order chi connectivity index (χ1) is 14.7. The highest BCUT2D eigenvalue weighted by atomic mass is 32.1. The van der Waals surface area contributed by atoms with Crippen molar-refractivity contribution in [3.8, 4) is 11.1 Å². The number of rotatable bonds is 1. The average molecular weight is 404 g/mol. The van der Waals surface area contributed by atoms with Crippen LogP contribution in [0.3, 0.4) is 0 Å². The Kier molecular flexibility index (Phi) is 3.08. The van der Waals surface area contributed by atoms with Crippen molar-refractivity contribution >= 4 is 59.5 Å². The van der Waals surface area contributed by atoms with Crippen molar-refractivity contribution in [2.45, 2.75) is 6.92 Å². The molecule has 3 aromatic heterocycles. The van der Waals surface area contributed by atoms with Crippen LogP contribution >= 0.6 is 11.3 Å². The third-order valence-electron chi connectivity index (χ3n) is 5.89. The van der Waals surface area contributed by atoms with Crippen molar-refractivity contribution in [2.24, 2.45) is 0 Å². The lowest BCUT2D eigenvalue weighted by Gasteiger charge is -2.03. The van der Waals surface area contributed by atoms with Crippen LogP contribution in [-0.2, 0) is 0 Å². The molecule has 4 aromatic carbocycles. The Labute approximate surface area is 175 Å². The normalized spacial score (nSPS) is 12.2. The van der Waals surface area contributed by atoms with E-state index >= 15 is 0 Å². The second kappa shape index (κ2) is 5.71. The fourth-order valence-corrected chi connectivity index (χ4v) is 5.45. The third-order valence-corrected chi connectivity index (χ3v) is 6.91. The molecule has 0 spiro atoms. The lowest BCUT2D eigenvalue weighted by molar-refractivity contribution is 0.669. The van der Waals surface area contributed by atoms with Crippen LogP contribution in [0.25, 0.3) is 59.3 Å². The fourth-order valence-electron chi connectivity index (χ4n) is 4.43. The molecule has 0 radical (unpaired) electrons. The lowest BCUT2D eigenvalue weighted by Crippen LogP contribution is -1.83. The smallest absolute Gasteiger partial charge is 0.195 e. The Morgan fingerprint density at radius 1 is 0.767 bits per heavy atom. The van der Waals surface area contributed by atoms with Gasteiger partial charge in [0, 0.05) is 10.8 Å². The molecule has 3 heterocycles. The van der Waals surface area contributed by atoms with Crippen molar-refractivity contribution < 1.29 is 4.42 Å². The van der Waals surface area contributed by atoms with Gasteiger partial charge in [-0.2, -0.15) is 0 Å². The maximum Gasteiger partial charge on any atom is 0.195 e. The first-order valence-corrected chi connectivity index (χ1v) is 10.8. The van der Waals surface area contributed by atoms with Gasteiger partial charge in [-0.05, 0) is 66.6 Å². The summed E-state index contributed by atoms with van der Waals surface area (Å²) in [6, 6.07) is 27.9. The van der Waals surface area contributed by atoms with E-state index in [1.165, 1.54) is 32.3 Å². The molecule has 0 aliphatic rings. The Balaban J connectivity index is 1.50. The van der Waals surface area contributed by atoms with Crippen molar-refractivity contribution in [1.29, 1.82) is 0 Å². The van der Waals surface area contributed by atoms with E-state index in [0.717, 1.165) is 32.5 Å². The summed E-state index contributed by atoms with van der Waals surface area (Å²) in [5.74, 6) is 0. The number of para-hydroxylation sites is 2. The molecule has 7 rings (SSSR count). The minimum Gasteiger partial charge on any atom is -0.456 e. The summed E-state index contributed by atoms with van der Waals surface area (Å²) in [6.45, 7) is 2.12. The SMILES string of the molecule is Cc1ccc2oc3ccc(-c4ccc5sc6nc7ccccc7n6c5c4)cc3c2c1. The molecular weight excluding hydrogens is 388 g/mol. The molecule has 3 nitrogen and oxygen atoms in total. The van der Waals surface area contributed by atoms with Crippen LogP contribution in [0.4, 0.5) is 0 Å². The van der Waals surface area contributed by atoms with Crippen LogP contribution in [0.2, 0.25) is 0 Å². The van der Waals surface area contributed by atoms with E-state index in [-0.39, 0.29) is 0 Å². The first-order valence-electron chi connectivity index (χ1n) is 9.98. The van der Waals surface area contributed by atoms with E-state index in [0.29, 0.717) is 0 Å². The van der Waals surface area contributed by atoms with Gasteiger partial charge in [-0.3, -0.25) is 4.40 Å². The van der Waals surface area contributed by atoms with Crippen LogP contribution in [0, 0.1) is 6.92 Å². The highest BCUT2D eigenvalue weighted by Crippen LogP contribution is 2.36. The van der Waals surface area contributed by atoms with Crippen LogP contribution < -0.4 is 0 Å². The quantitative estimate of drug-likeness (QED) is 0.282. The first kappa shape index (κ1) is 16.2. The standard InChI is InChI=1S/C26H16N2OS/c1-15-6-9-23-18(12-15)19-13-16(7-10-24(19)29-23)17-8-11-25-22(14-17)28-21-5-3-2-4-20(21)27-26(28)30-25/h2-14H,1H3. The Hall–Kier alpha value is -3.63. The van der Waals surface area contributed by atoms with Crippen LogP contribution in [0.1, 0.15) is 5.56 Å². The van der Waals surface area contributed by atoms with Gasteiger partial charge in [-0.25, -0.2) is 4.98 Å². The zero-order chi connectivity index (χ0) is 19.8. The van der Waals surface area contributed by atoms with Crippen molar-refractivity contribution in [1.82, 2.24) is 9.38 Å². The largest absolute Gasteiger partial charge is 0.456 e. The summed E-state index contributed by atoms with van der Waals surface area (Å²) in [6.07, 6.45) is 0. The van der Waals surface area contributed by atoms with Crippen LogP contribution in [-0.4, -0.2) is 9.38 Å². The molecule has 30 heavy (non-hydrogen) atoms. The number of hydrogen-bond donors (Lipinski definition) is 0. The predicted octanol–water partition coefficient (Wildman–Crippen LogP) is 7.58. The van der Waals surface area contributed by atoms with Gasteiger partial charge in [0.2, 0.25) is 0 Å². The van der Waals surface area contributed by atoms with E-state index in [9.17, 15) is 0 Å². The number of benzene rings is 4. The minimum atomic E-state index is 0.930. The molecule has 0 aliphatic carbocycles. The van der Waals surface area contributed by atoms with Gasteiger partial charge >= 0.3 is 0 Å². The molecule has 0 aliphatic heterocycles. The number of hydrogen-bond acceptors (Lipinski definition) is 3. The second-order valence-electron chi connectivity index (χ2n) is 7.82. The van der Waals surface area contributed by atoms with E-state index < -0.39 is 0 Å². The summed E-state index contributed by atoms with van der Waals surface area (Å²) < 4.78 is 9.56. The topological polar surface area (TPSA) is 30.4 Å². The van der Waals surface area contributed by atoms with Gasteiger partial charge in [0.25, 0.3) is 0 Å². The van der Waals surface area contributed by atoms with Gasteiger partial charge < -0.3 is 4.42 Å². The Morgan fingerprint density at radius 3 is 2.47 bits per heavy atom. The summed E-state index contributed by atoms with van der Waals surface area (Å²) in [5.41, 5.74) is 8.90. The molecule has 4 heteroatoms. The van der Waals surface area contributed by atoms with Gasteiger partial charge in [-0.1, -0.05) is 47.2 Å². The minimum absolute atomic E-state index is 0.930. The zero-order valence-corrected chi connectivity index (χ0v) is 17.0. The maximum atomic E-state index is 6.04. The van der Waals surface area contributed by atoms with Gasteiger partial charge in [0.15, 0.2) is 4.96 Å². The molecule has 0 fully saturated rings. The molecule has 0 N–H and O–H groups in total. The number of aromatic nitrogens is 2. The van der Waals surface area contributed by atoms with E-state index in [4.69, 9.17) is 9.40 Å². The molecular formula is C26H16N2OS. The van der Waals surface area contributed by atoms with Crippen molar-refractivity contribution in [2.75, 3.05) is 0 Å². The van der Waals surface area contributed by atoms with Crippen molar-refractivity contribution in [3.05, 3.63) is 84.4 Å². The summed E-state index contributed by atoms with van der Waals surface area (Å²) in [4.78, 5) is 5.84. The van der Waals surface area contributed by atoms with Gasteiger partial charge in [-0.15, -0.1) is 0 Å². The predicted molar refractivity (Wildman–Crippen MR) is 126 cm³/mol. The molecule has 0 saturated carbocycles. The van der Waals surface area contributed by atoms with E-state index in [1.54, 1.807) is 11.3 Å². The molecule has 142 valence electrons. The van der Waals surface area contributed by atoms with Gasteiger partial charge in [0.05, 0.1) is 21.3 Å². The van der Waals surface area contributed by atoms with E-state index in [1.807, 2.05) is 6.07 Å². The van der Waals surface area contributed by atoms with Gasteiger partial charge in [0.1, 0.15) is 11.2 Å². The fraction of sp³-hybridized carbons (Fsp3) is 0.0385. The van der Waals surface area contributed by atoms with Crippen LogP contribution in [0.15, 0.2) is 83.3 Å². The monoisotopic (exact) mass is 404 g/mol. The highest BCUT2D eigenvalue weighted by molar-refractivity contribution is 7.23. The Morgan fingerprint density at radius 2 is 1.53 bits per heavy atom. The highest BCUT2D eigenvalue weighted by Gasteiger charge is 2.13.